The predicted octanol–water partition coefficient (Wildman–Crippen LogP) is 3.52. The number of nitriles is 1. The van der Waals surface area contributed by atoms with Crippen LogP contribution < -0.4 is 5.32 Å². The number of fused-ring (bicyclic) bond motifs is 2. The minimum absolute atomic E-state index is 0.0855. The van der Waals surface area contributed by atoms with Crippen molar-refractivity contribution < 1.29 is 5.11 Å². The molecule has 1 aliphatic carbocycles. The van der Waals surface area contributed by atoms with E-state index in [2.05, 4.69) is 38.6 Å². The summed E-state index contributed by atoms with van der Waals surface area (Å²) in [6.07, 6.45) is 6.24. The molecule has 1 saturated carbocycles. The van der Waals surface area contributed by atoms with Gasteiger partial charge in [0, 0.05) is 6.42 Å². The summed E-state index contributed by atoms with van der Waals surface area (Å²) in [5, 5.41) is 27.9. The summed E-state index contributed by atoms with van der Waals surface area (Å²) in [5.41, 5.74) is 4.13. The molecule has 146 valence electrons. The lowest BCUT2D eigenvalue weighted by Gasteiger charge is -2.27. The maximum absolute atomic E-state index is 10.2. The number of anilines is 1. The van der Waals surface area contributed by atoms with Gasteiger partial charge in [-0.25, -0.2) is 14.5 Å². The van der Waals surface area contributed by atoms with Gasteiger partial charge in [0.15, 0.2) is 16.5 Å². The van der Waals surface area contributed by atoms with Crippen LogP contribution in [0.15, 0.2) is 36.5 Å². The summed E-state index contributed by atoms with van der Waals surface area (Å²) in [7, 11) is 0. The maximum Gasteiger partial charge on any atom is 0.184 e. The molecule has 3 aromatic heterocycles. The summed E-state index contributed by atoms with van der Waals surface area (Å²) in [6, 6.07) is 11.9. The van der Waals surface area contributed by atoms with Crippen molar-refractivity contribution in [1.82, 2.24) is 19.6 Å². The highest BCUT2D eigenvalue weighted by atomic mass is 32.1. The first-order chi connectivity index (χ1) is 14.2. The summed E-state index contributed by atoms with van der Waals surface area (Å²) in [4.78, 5) is 9.06. The van der Waals surface area contributed by atoms with Crippen LogP contribution in [-0.2, 0) is 6.42 Å². The second-order valence-electron chi connectivity index (χ2n) is 7.45. The van der Waals surface area contributed by atoms with Gasteiger partial charge in [-0.15, -0.1) is 0 Å². The van der Waals surface area contributed by atoms with E-state index in [4.69, 9.17) is 5.26 Å². The van der Waals surface area contributed by atoms with E-state index in [0.29, 0.717) is 12.1 Å². The fourth-order valence-corrected chi connectivity index (χ4v) is 4.88. The van der Waals surface area contributed by atoms with Crippen molar-refractivity contribution in [1.29, 1.82) is 5.26 Å². The normalized spacial score (nSPS) is 19.4. The lowest BCUT2D eigenvalue weighted by atomic mass is 9.93. The van der Waals surface area contributed by atoms with Gasteiger partial charge >= 0.3 is 0 Å². The average molecular weight is 404 g/mol. The molecule has 0 bridgehead atoms. The Morgan fingerprint density at radius 3 is 3.00 bits per heavy atom. The monoisotopic (exact) mass is 404 g/mol. The molecule has 0 radical (unpaired) electrons. The van der Waals surface area contributed by atoms with Crippen LogP contribution in [0, 0.1) is 11.3 Å². The van der Waals surface area contributed by atoms with Crippen LogP contribution >= 0.6 is 11.3 Å². The van der Waals surface area contributed by atoms with Gasteiger partial charge in [0.25, 0.3) is 0 Å². The van der Waals surface area contributed by atoms with Crippen molar-refractivity contribution in [3.8, 4) is 6.07 Å². The van der Waals surface area contributed by atoms with Crippen molar-refractivity contribution in [3.05, 3.63) is 53.5 Å². The molecule has 1 aromatic carbocycles. The van der Waals surface area contributed by atoms with Crippen LogP contribution in [0.25, 0.3) is 15.9 Å². The summed E-state index contributed by atoms with van der Waals surface area (Å²) >= 11 is 1.61. The summed E-state index contributed by atoms with van der Waals surface area (Å²) < 4.78 is 2.84. The van der Waals surface area contributed by atoms with Crippen molar-refractivity contribution in [2.24, 2.45) is 0 Å². The molecular weight excluding hydrogens is 384 g/mol. The molecule has 0 aliphatic heterocycles. The first-order valence-corrected chi connectivity index (χ1v) is 10.6. The van der Waals surface area contributed by atoms with E-state index in [1.165, 1.54) is 0 Å². The molecule has 0 saturated heterocycles. The zero-order chi connectivity index (χ0) is 19.8. The van der Waals surface area contributed by atoms with Gasteiger partial charge in [0.05, 0.1) is 34.3 Å². The number of aliphatic hydroxyl groups excluding tert-OH is 1. The third-order valence-corrected chi connectivity index (χ3v) is 6.37. The van der Waals surface area contributed by atoms with E-state index in [1.54, 1.807) is 34.2 Å². The second kappa shape index (κ2) is 7.43. The standard InChI is InChI=1S/C21H20N6OS/c22-11-14-6-8-20-23-12-15(27(20)26-14)9-13-5-7-17-19(10-13)29-21(25-17)24-16-3-1-2-4-18(16)28/h5-8,10,12,16,18,28H,1-4,9H2,(H,24,25). The third kappa shape index (κ3) is 3.55. The Morgan fingerprint density at radius 2 is 2.14 bits per heavy atom. The van der Waals surface area contributed by atoms with Gasteiger partial charge in [-0.2, -0.15) is 10.4 Å². The van der Waals surface area contributed by atoms with Crippen molar-refractivity contribution in [3.63, 3.8) is 0 Å². The molecule has 7 nitrogen and oxygen atoms in total. The maximum atomic E-state index is 10.2. The molecule has 8 heteroatoms. The minimum Gasteiger partial charge on any atom is -0.391 e. The molecule has 1 aliphatic rings. The number of imidazole rings is 1. The zero-order valence-electron chi connectivity index (χ0n) is 15.7. The lowest BCUT2D eigenvalue weighted by molar-refractivity contribution is 0.116. The average Bonchev–Trinajstić information content (AvgIpc) is 3.32. The highest BCUT2D eigenvalue weighted by Gasteiger charge is 2.23. The van der Waals surface area contributed by atoms with Gasteiger partial charge in [0.2, 0.25) is 0 Å². The third-order valence-electron chi connectivity index (χ3n) is 5.42. The molecule has 2 atom stereocenters. The molecule has 2 N–H and O–H groups in total. The summed E-state index contributed by atoms with van der Waals surface area (Å²) in [6.45, 7) is 0. The van der Waals surface area contributed by atoms with Crippen molar-refractivity contribution >= 4 is 32.3 Å². The Kier molecular flexibility index (Phi) is 4.62. The number of rotatable bonds is 4. The van der Waals surface area contributed by atoms with E-state index >= 15 is 0 Å². The number of nitrogens with zero attached hydrogens (tertiary/aromatic N) is 5. The van der Waals surface area contributed by atoms with Crippen molar-refractivity contribution in [2.75, 3.05) is 5.32 Å². The molecule has 0 spiro atoms. The number of benzene rings is 1. The van der Waals surface area contributed by atoms with Crippen LogP contribution in [0.3, 0.4) is 0 Å². The Bertz CT molecular complexity index is 1220. The van der Waals surface area contributed by atoms with Crippen LogP contribution in [0.4, 0.5) is 5.13 Å². The fourth-order valence-electron chi connectivity index (χ4n) is 3.89. The molecule has 1 fully saturated rings. The van der Waals surface area contributed by atoms with E-state index in [1.807, 2.05) is 6.07 Å². The highest BCUT2D eigenvalue weighted by Crippen LogP contribution is 2.30. The van der Waals surface area contributed by atoms with Gasteiger partial charge in [-0.1, -0.05) is 30.2 Å². The number of hydrogen-bond acceptors (Lipinski definition) is 7. The molecule has 29 heavy (non-hydrogen) atoms. The molecule has 3 heterocycles. The van der Waals surface area contributed by atoms with Gasteiger partial charge in [-0.05, 0) is 42.7 Å². The predicted molar refractivity (Wildman–Crippen MR) is 112 cm³/mol. The van der Waals surface area contributed by atoms with Crippen LogP contribution in [0.5, 0.6) is 0 Å². The van der Waals surface area contributed by atoms with Gasteiger partial charge < -0.3 is 10.4 Å². The van der Waals surface area contributed by atoms with Crippen LogP contribution in [0.2, 0.25) is 0 Å². The lowest BCUT2D eigenvalue weighted by Crippen LogP contribution is -2.36. The fraction of sp³-hybridized carbons (Fsp3) is 0.333. The van der Waals surface area contributed by atoms with E-state index in [9.17, 15) is 5.11 Å². The van der Waals surface area contributed by atoms with E-state index in [-0.39, 0.29) is 12.1 Å². The smallest absolute Gasteiger partial charge is 0.184 e. The van der Waals surface area contributed by atoms with Crippen molar-refractivity contribution in [2.45, 2.75) is 44.2 Å². The molecular formula is C21H20N6OS. The van der Waals surface area contributed by atoms with Crippen LogP contribution in [-0.4, -0.2) is 36.8 Å². The largest absolute Gasteiger partial charge is 0.391 e. The van der Waals surface area contributed by atoms with E-state index in [0.717, 1.165) is 57.9 Å². The molecule has 5 rings (SSSR count). The summed E-state index contributed by atoms with van der Waals surface area (Å²) in [5.74, 6) is 0. The van der Waals surface area contributed by atoms with Gasteiger partial charge in [0.1, 0.15) is 6.07 Å². The van der Waals surface area contributed by atoms with Gasteiger partial charge in [-0.3, -0.25) is 0 Å². The Balaban J connectivity index is 1.39. The number of hydrogen-bond donors (Lipinski definition) is 2. The minimum atomic E-state index is -0.299. The molecule has 4 aromatic rings. The zero-order valence-corrected chi connectivity index (χ0v) is 16.6. The Morgan fingerprint density at radius 1 is 1.24 bits per heavy atom. The number of thiazole rings is 1. The quantitative estimate of drug-likeness (QED) is 0.540. The van der Waals surface area contributed by atoms with E-state index < -0.39 is 0 Å². The Labute approximate surface area is 171 Å². The highest BCUT2D eigenvalue weighted by molar-refractivity contribution is 7.22. The SMILES string of the molecule is N#Cc1ccc2ncc(Cc3ccc4nc(NC5CCCCC5O)sc4c3)n2n1. The number of nitrogens with one attached hydrogen (secondary N) is 1. The van der Waals surface area contributed by atoms with Crippen LogP contribution in [0.1, 0.15) is 42.6 Å². The number of aliphatic hydroxyl groups is 1. The molecule has 0 amide bonds. The topological polar surface area (TPSA) is 99.1 Å². The first kappa shape index (κ1) is 18.0. The Hall–Kier alpha value is -3.02. The number of aromatic nitrogens is 4. The second-order valence-corrected chi connectivity index (χ2v) is 8.48. The molecule has 2 unspecified atom stereocenters. The first-order valence-electron chi connectivity index (χ1n) is 9.77.